The van der Waals surface area contributed by atoms with Crippen LogP contribution in [0.25, 0.3) is 0 Å². The Morgan fingerprint density at radius 3 is 2.47 bits per heavy atom. The Hall–Kier alpha value is -1.24. The molecule has 2 rings (SSSR count). The quantitative estimate of drug-likeness (QED) is 0.535. The summed E-state index contributed by atoms with van der Waals surface area (Å²) in [4.78, 5) is 11.8. The van der Waals surface area contributed by atoms with Crippen LogP contribution in [-0.2, 0) is 0 Å². The van der Waals surface area contributed by atoms with Crippen molar-refractivity contribution in [3.8, 4) is 0 Å². The molecule has 0 amide bonds. The minimum atomic E-state index is 0.287. The van der Waals surface area contributed by atoms with Crippen molar-refractivity contribution in [3.63, 3.8) is 0 Å². The minimum absolute atomic E-state index is 0.287. The van der Waals surface area contributed by atoms with Crippen molar-refractivity contribution in [2.75, 3.05) is 0 Å². The molecule has 0 N–H and O–H groups in total. The van der Waals surface area contributed by atoms with Crippen molar-refractivity contribution in [2.24, 2.45) is 0 Å². The highest BCUT2D eigenvalue weighted by molar-refractivity contribution is 5.96. The summed E-state index contributed by atoms with van der Waals surface area (Å²) in [5.41, 5.74) is 0.857. The smallest absolute Gasteiger partial charge is 0.167 e. The molecule has 1 aliphatic rings. The molecule has 0 radical (unpaired) electrons. The Balaban J connectivity index is 1.82. The lowest BCUT2D eigenvalue weighted by Gasteiger charge is -1.99. The zero-order chi connectivity index (χ0) is 10.5. The van der Waals surface area contributed by atoms with Gasteiger partial charge in [0.15, 0.2) is 5.78 Å². The second kappa shape index (κ2) is 5.01. The van der Waals surface area contributed by atoms with E-state index in [1.54, 1.807) is 5.92 Å². The third-order valence-corrected chi connectivity index (χ3v) is 3.11. The SMILES string of the molecule is O=C(CC[C+]1CCCC1)c1ccccc1. The number of rotatable bonds is 4. The van der Waals surface area contributed by atoms with E-state index in [2.05, 4.69) is 0 Å². The first-order valence-electron chi connectivity index (χ1n) is 5.78. The Bertz CT molecular complexity index is 309. The fourth-order valence-corrected chi connectivity index (χ4v) is 2.18. The molecule has 1 aromatic carbocycles. The first-order valence-corrected chi connectivity index (χ1v) is 5.78. The van der Waals surface area contributed by atoms with E-state index in [-0.39, 0.29) is 5.78 Å². The predicted molar refractivity (Wildman–Crippen MR) is 61.7 cm³/mol. The number of Topliss-reactive ketones (excluding diaryl/α,β-unsaturated/α-hetero) is 1. The lowest BCUT2D eigenvalue weighted by Crippen LogP contribution is -2.01. The van der Waals surface area contributed by atoms with Crippen molar-refractivity contribution in [3.05, 3.63) is 41.8 Å². The first-order chi connectivity index (χ1) is 7.36. The van der Waals surface area contributed by atoms with E-state index < -0.39 is 0 Å². The zero-order valence-electron chi connectivity index (χ0n) is 9.04. The molecule has 1 aromatic rings. The van der Waals surface area contributed by atoms with Crippen molar-refractivity contribution < 1.29 is 4.79 Å². The maximum Gasteiger partial charge on any atom is 0.167 e. The average molecular weight is 201 g/mol. The zero-order valence-corrected chi connectivity index (χ0v) is 9.04. The normalized spacial score (nSPS) is 15.6. The summed E-state index contributed by atoms with van der Waals surface area (Å²) in [6.07, 6.45) is 6.86. The van der Waals surface area contributed by atoms with Crippen molar-refractivity contribution >= 4 is 5.78 Å². The van der Waals surface area contributed by atoms with Gasteiger partial charge in [0.25, 0.3) is 0 Å². The van der Waals surface area contributed by atoms with Crippen LogP contribution >= 0.6 is 0 Å². The summed E-state index contributed by atoms with van der Waals surface area (Å²) >= 11 is 0. The molecule has 0 spiro atoms. The van der Waals surface area contributed by atoms with Gasteiger partial charge in [-0.05, 0) is 12.8 Å². The van der Waals surface area contributed by atoms with Crippen molar-refractivity contribution in [2.45, 2.75) is 38.5 Å². The van der Waals surface area contributed by atoms with Gasteiger partial charge in [-0.25, -0.2) is 0 Å². The summed E-state index contributed by atoms with van der Waals surface area (Å²) in [5.74, 6) is 1.88. The summed E-state index contributed by atoms with van der Waals surface area (Å²) < 4.78 is 0. The highest BCUT2D eigenvalue weighted by Gasteiger charge is 2.26. The standard InChI is InChI=1S/C14H17O/c15-14(13-8-2-1-3-9-13)11-10-12-6-4-5-7-12/h1-3,8-9H,4-7,10-11H2/q+1. The number of carbonyl (C=O) groups is 1. The van der Waals surface area contributed by atoms with Crippen LogP contribution in [0.4, 0.5) is 0 Å². The molecule has 0 atom stereocenters. The van der Waals surface area contributed by atoms with E-state index in [4.69, 9.17) is 0 Å². The largest absolute Gasteiger partial charge is 0.294 e. The van der Waals surface area contributed by atoms with Gasteiger partial charge in [-0.3, -0.25) is 4.79 Å². The number of ketones is 1. The molecule has 15 heavy (non-hydrogen) atoms. The van der Waals surface area contributed by atoms with Crippen LogP contribution in [0.5, 0.6) is 0 Å². The van der Waals surface area contributed by atoms with Gasteiger partial charge in [0.2, 0.25) is 0 Å². The molecule has 1 aliphatic carbocycles. The van der Waals surface area contributed by atoms with E-state index >= 15 is 0 Å². The van der Waals surface area contributed by atoms with E-state index in [1.165, 1.54) is 25.7 Å². The molecule has 1 saturated carbocycles. The Morgan fingerprint density at radius 1 is 1.13 bits per heavy atom. The average Bonchev–Trinajstić information content (AvgIpc) is 2.80. The van der Waals surface area contributed by atoms with Gasteiger partial charge in [-0.2, -0.15) is 0 Å². The predicted octanol–water partition coefficient (Wildman–Crippen LogP) is 3.80. The van der Waals surface area contributed by atoms with Gasteiger partial charge in [-0.15, -0.1) is 0 Å². The topological polar surface area (TPSA) is 17.1 Å². The molecule has 0 saturated heterocycles. The second-order valence-electron chi connectivity index (χ2n) is 4.25. The van der Waals surface area contributed by atoms with Crippen LogP contribution in [0.2, 0.25) is 0 Å². The van der Waals surface area contributed by atoms with Crippen LogP contribution in [0, 0.1) is 5.92 Å². The van der Waals surface area contributed by atoms with Gasteiger partial charge in [-0.1, -0.05) is 30.3 Å². The number of benzene rings is 1. The molecular formula is C14H17O+. The molecule has 0 unspecified atom stereocenters. The Morgan fingerprint density at radius 2 is 1.80 bits per heavy atom. The summed E-state index contributed by atoms with van der Waals surface area (Å²) in [7, 11) is 0. The van der Waals surface area contributed by atoms with Crippen molar-refractivity contribution in [1.29, 1.82) is 0 Å². The van der Waals surface area contributed by atoms with E-state index in [0.717, 1.165) is 12.0 Å². The van der Waals surface area contributed by atoms with Gasteiger partial charge >= 0.3 is 0 Å². The van der Waals surface area contributed by atoms with Gasteiger partial charge in [0.05, 0.1) is 31.6 Å². The van der Waals surface area contributed by atoms with E-state index in [0.29, 0.717) is 6.42 Å². The highest BCUT2D eigenvalue weighted by atomic mass is 16.1. The van der Waals surface area contributed by atoms with Gasteiger partial charge < -0.3 is 0 Å². The molecule has 0 heterocycles. The fourth-order valence-electron chi connectivity index (χ4n) is 2.18. The molecule has 0 aliphatic heterocycles. The molecule has 78 valence electrons. The van der Waals surface area contributed by atoms with Gasteiger partial charge in [0.1, 0.15) is 0 Å². The summed E-state index contributed by atoms with van der Waals surface area (Å²) in [6, 6.07) is 9.61. The van der Waals surface area contributed by atoms with Crippen LogP contribution in [0.15, 0.2) is 30.3 Å². The van der Waals surface area contributed by atoms with Crippen LogP contribution in [0.1, 0.15) is 48.9 Å². The molecule has 1 fully saturated rings. The molecule has 1 heteroatoms. The highest BCUT2D eigenvalue weighted by Crippen LogP contribution is 2.30. The summed E-state index contributed by atoms with van der Waals surface area (Å²) in [6.45, 7) is 0. The number of hydrogen-bond acceptors (Lipinski definition) is 1. The maximum absolute atomic E-state index is 11.8. The summed E-state index contributed by atoms with van der Waals surface area (Å²) in [5, 5.41) is 0. The third-order valence-electron chi connectivity index (χ3n) is 3.11. The molecule has 0 bridgehead atoms. The number of hydrogen-bond donors (Lipinski definition) is 0. The minimum Gasteiger partial charge on any atom is -0.294 e. The monoisotopic (exact) mass is 201 g/mol. The maximum atomic E-state index is 11.8. The number of carbonyl (C=O) groups excluding carboxylic acids is 1. The van der Waals surface area contributed by atoms with Crippen LogP contribution in [-0.4, -0.2) is 5.78 Å². The van der Waals surface area contributed by atoms with Crippen LogP contribution < -0.4 is 0 Å². The van der Waals surface area contributed by atoms with E-state index in [9.17, 15) is 4.79 Å². The lowest BCUT2D eigenvalue weighted by atomic mass is 9.98. The molecule has 0 aromatic heterocycles. The van der Waals surface area contributed by atoms with Crippen LogP contribution in [0.3, 0.4) is 0 Å². The first kappa shape index (κ1) is 10.3. The third kappa shape index (κ3) is 2.85. The fraction of sp³-hybridized carbons (Fsp3) is 0.429. The Labute approximate surface area is 91.5 Å². The van der Waals surface area contributed by atoms with E-state index in [1.807, 2.05) is 30.3 Å². The Kier molecular flexibility index (Phi) is 3.44. The van der Waals surface area contributed by atoms with Crippen molar-refractivity contribution in [1.82, 2.24) is 0 Å². The second-order valence-corrected chi connectivity index (χ2v) is 4.25. The van der Waals surface area contributed by atoms with Gasteiger partial charge in [0, 0.05) is 5.56 Å². The lowest BCUT2D eigenvalue weighted by molar-refractivity contribution is 0.0980. The molecular weight excluding hydrogens is 184 g/mol. The molecule has 1 nitrogen and oxygen atoms in total.